The fraction of sp³-hybridized carbons (Fsp3) is 0.360. The Labute approximate surface area is 191 Å². The summed E-state index contributed by atoms with van der Waals surface area (Å²) in [4.78, 5) is 26.3. The van der Waals surface area contributed by atoms with Crippen molar-refractivity contribution in [3.8, 4) is 5.75 Å². The summed E-state index contributed by atoms with van der Waals surface area (Å²) < 4.78 is 17.0. The minimum atomic E-state index is -0.386. The maximum absolute atomic E-state index is 12.1. The van der Waals surface area contributed by atoms with Gasteiger partial charge in [0.2, 0.25) is 0 Å². The highest BCUT2D eigenvalue weighted by Gasteiger charge is 2.25. The van der Waals surface area contributed by atoms with Crippen LogP contribution < -0.4 is 10.4 Å². The van der Waals surface area contributed by atoms with E-state index in [1.54, 1.807) is 0 Å². The van der Waals surface area contributed by atoms with Crippen molar-refractivity contribution in [2.24, 2.45) is 0 Å². The standard InChI is InChI=1S/C25H26ClNO5/c1-3-10-30-22(28)9-6-18-12-20-16(2)11-23(29)32-25(20)21-14-27(15-31-24(18)21)13-17-4-7-19(26)8-5-17/h4-5,7-8,11-12H,3,6,9-10,13-15H2,1-2H3. The molecule has 168 valence electrons. The molecule has 0 fully saturated rings. The average Bonchev–Trinajstić information content (AvgIpc) is 2.78. The van der Waals surface area contributed by atoms with Gasteiger partial charge in [-0.25, -0.2) is 4.79 Å². The van der Waals surface area contributed by atoms with Crippen LogP contribution in [-0.4, -0.2) is 24.2 Å². The number of benzene rings is 2. The van der Waals surface area contributed by atoms with Gasteiger partial charge in [-0.15, -0.1) is 0 Å². The van der Waals surface area contributed by atoms with Crippen molar-refractivity contribution in [3.63, 3.8) is 0 Å². The fourth-order valence-electron chi connectivity index (χ4n) is 3.97. The number of fused-ring (bicyclic) bond motifs is 3. The molecule has 2 aromatic carbocycles. The van der Waals surface area contributed by atoms with E-state index in [0.717, 1.165) is 34.1 Å². The number of esters is 1. The van der Waals surface area contributed by atoms with E-state index in [-0.39, 0.29) is 18.0 Å². The summed E-state index contributed by atoms with van der Waals surface area (Å²) in [6.45, 7) is 5.91. The van der Waals surface area contributed by atoms with Crippen molar-refractivity contribution in [2.45, 2.75) is 46.2 Å². The zero-order valence-corrected chi connectivity index (χ0v) is 19.0. The number of carbonyl (C=O) groups is 1. The van der Waals surface area contributed by atoms with Crippen LogP contribution in [-0.2, 0) is 29.0 Å². The average molecular weight is 456 g/mol. The number of aryl methyl sites for hydroxylation is 2. The van der Waals surface area contributed by atoms with Crippen molar-refractivity contribution in [1.29, 1.82) is 0 Å². The normalized spacial score (nSPS) is 13.6. The Bertz CT molecular complexity index is 1190. The number of halogens is 1. The van der Waals surface area contributed by atoms with E-state index in [4.69, 9.17) is 25.5 Å². The van der Waals surface area contributed by atoms with Gasteiger partial charge in [-0.05, 0) is 54.7 Å². The van der Waals surface area contributed by atoms with Gasteiger partial charge < -0.3 is 13.9 Å². The molecule has 0 unspecified atom stereocenters. The highest BCUT2D eigenvalue weighted by Crippen LogP contribution is 2.37. The zero-order chi connectivity index (χ0) is 22.7. The van der Waals surface area contributed by atoms with Crippen molar-refractivity contribution in [2.75, 3.05) is 13.3 Å². The van der Waals surface area contributed by atoms with Crippen LogP contribution >= 0.6 is 11.6 Å². The van der Waals surface area contributed by atoms with Gasteiger partial charge in [-0.2, -0.15) is 0 Å². The monoisotopic (exact) mass is 455 g/mol. The lowest BCUT2D eigenvalue weighted by atomic mass is 9.97. The van der Waals surface area contributed by atoms with Gasteiger partial charge in [0.1, 0.15) is 18.1 Å². The molecule has 0 saturated carbocycles. The fourth-order valence-corrected chi connectivity index (χ4v) is 4.09. The van der Waals surface area contributed by atoms with E-state index in [1.165, 1.54) is 6.07 Å². The Morgan fingerprint density at radius 2 is 2.00 bits per heavy atom. The number of carbonyl (C=O) groups excluding carboxylic acids is 1. The van der Waals surface area contributed by atoms with E-state index in [9.17, 15) is 9.59 Å². The summed E-state index contributed by atoms with van der Waals surface area (Å²) in [5.41, 5.74) is 3.86. The summed E-state index contributed by atoms with van der Waals surface area (Å²) in [5, 5.41) is 1.55. The van der Waals surface area contributed by atoms with E-state index in [0.29, 0.717) is 49.2 Å². The molecule has 0 spiro atoms. The Balaban J connectivity index is 1.66. The first kappa shape index (κ1) is 22.4. The quantitative estimate of drug-likeness (QED) is 0.369. The summed E-state index contributed by atoms with van der Waals surface area (Å²) >= 11 is 6.00. The third-order valence-corrected chi connectivity index (χ3v) is 5.78. The van der Waals surface area contributed by atoms with E-state index >= 15 is 0 Å². The lowest BCUT2D eigenvalue weighted by molar-refractivity contribution is -0.143. The molecule has 1 aliphatic heterocycles. The van der Waals surface area contributed by atoms with Crippen LogP contribution in [0.2, 0.25) is 5.02 Å². The molecule has 6 nitrogen and oxygen atoms in total. The molecule has 0 atom stereocenters. The van der Waals surface area contributed by atoms with Gasteiger partial charge in [-0.3, -0.25) is 9.69 Å². The summed E-state index contributed by atoms with van der Waals surface area (Å²) in [6, 6.07) is 11.2. The molecule has 0 saturated heterocycles. The van der Waals surface area contributed by atoms with E-state index in [2.05, 4.69) is 4.90 Å². The van der Waals surface area contributed by atoms with Crippen LogP contribution in [0.15, 0.2) is 45.6 Å². The summed E-state index contributed by atoms with van der Waals surface area (Å²) in [5.74, 6) is 0.471. The van der Waals surface area contributed by atoms with Crippen molar-refractivity contribution in [3.05, 3.63) is 74.1 Å². The highest BCUT2D eigenvalue weighted by molar-refractivity contribution is 6.30. The van der Waals surface area contributed by atoms with Crippen LogP contribution in [0.1, 0.15) is 42.0 Å². The van der Waals surface area contributed by atoms with Crippen LogP contribution in [0.25, 0.3) is 11.0 Å². The zero-order valence-electron chi connectivity index (χ0n) is 18.3. The van der Waals surface area contributed by atoms with Crippen molar-refractivity contribution >= 4 is 28.5 Å². The number of nitrogens with zero attached hydrogens (tertiary/aromatic N) is 1. The molecule has 0 N–H and O–H groups in total. The van der Waals surface area contributed by atoms with E-state index < -0.39 is 0 Å². The Morgan fingerprint density at radius 1 is 1.22 bits per heavy atom. The van der Waals surface area contributed by atoms with Gasteiger partial charge in [-0.1, -0.05) is 30.7 Å². The number of hydrogen-bond acceptors (Lipinski definition) is 6. The maximum Gasteiger partial charge on any atom is 0.336 e. The predicted molar refractivity (Wildman–Crippen MR) is 123 cm³/mol. The second kappa shape index (κ2) is 9.76. The third-order valence-electron chi connectivity index (χ3n) is 5.52. The molecule has 32 heavy (non-hydrogen) atoms. The lowest BCUT2D eigenvalue weighted by Crippen LogP contribution is -2.32. The van der Waals surface area contributed by atoms with Crippen LogP contribution in [0.4, 0.5) is 0 Å². The molecule has 7 heteroatoms. The summed E-state index contributed by atoms with van der Waals surface area (Å²) in [7, 11) is 0. The molecule has 0 bridgehead atoms. The maximum atomic E-state index is 12.1. The third kappa shape index (κ3) is 4.97. The molecular formula is C25H26ClNO5. The number of ether oxygens (including phenoxy) is 2. The van der Waals surface area contributed by atoms with Gasteiger partial charge in [0, 0.05) is 36.0 Å². The lowest BCUT2D eigenvalue weighted by Gasteiger charge is -2.31. The second-order valence-corrected chi connectivity index (χ2v) is 8.51. The van der Waals surface area contributed by atoms with Gasteiger partial charge in [0.15, 0.2) is 0 Å². The smallest absolute Gasteiger partial charge is 0.336 e. The first-order chi connectivity index (χ1) is 15.4. The van der Waals surface area contributed by atoms with Crippen molar-refractivity contribution < 1.29 is 18.7 Å². The number of rotatable bonds is 7. The second-order valence-electron chi connectivity index (χ2n) is 8.08. The minimum Gasteiger partial charge on any atom is -0.477 e. The van der Waals surface area contributed by atoms with Gasteiger partial charge in [0.25, 0.3) is 0 Å². The largest absolute Gasteiger partial charge is 0.477 e. The van der Waals surface area contributed by atoms with Crippen LogP contribution in [0.5, 0.6) is 5.75 Å². The Hall–Kier alpha value is -2.83. The molecule has 0 aliphatic carbocycles. The van der Waals surface area contributed by atoms with Crippen LogP contribution in [0.3, 0.4) is 0 Å². The van der Waals surface area contributed by atoms with Gasteiger partial charge >= 0.3 is 11.6 Å². The first-order valence-corrected chi connectivity index (χ1v) is 11.2. The minimum absolute atomic E-state index is 0.225. The molecular weight excluding hydrogens is 430 g/mol. The molecule has 1 aliphatic rings. The van der Waals surface area contributed by atoms with Gasteiger partial charge in [0.05, 0.1) is 12.2 Å². The van der Waals surface area contributed by atoms with E-state index in [1.807, 2.05) is 44.2 Å². The Morgan fingerprint density at radius 3 is 2.75 bits per heavy atom. The molecule has 0 radical (unpaired) electrons. The highest BCUT2D eigenvalue weighted by atomic mass is 35.5. The first-order valence-electron chi connectivity index (χ1n) is 10.8. The topological polar surface area (TPSA) is 69.0 Å². The molecule has 2 heterocycles. The Kier molecular flexibility index (Phi) is 6.82. The van der Waals surface area contributed by atoms with Crippen LogP contribution in [0, 0.1) is 6.92 Å². The predicted octanol–water partition coefficient (Wildman–Crippen LogP) is 4.99. The SMILES string of the molecule is CCCOC(=O)CCc1cc2c(C)cc(=O)oc2c2c1OCN(Cc1ccc(Cl)cc1)C2. The molecule has 4 rings (SSSR count). The van der Waals surface area contributed by atoms with Crippen molar-refractivity contribution in [1.82, 2.24) is 4.90 Å². The molecule has 1 aromatic heterocycles. The number of hydrogen-bond donors (Lipinski definition) is 0. The molecule has 3 aromatic rings. The molecule has 0 amide bonds. The summed E-state index contributed by atoms with van der Waals surface area (Å²) in [6.07, 6.45) is 1.56.